The number of nitrogen functional groups attached to an aromatic ring is 1. The third-order valence-corrected chi connectivity index (χ3v) is 6.42. The van der Waals surface area contributed by atoms with Crippen LogP contribution in [0, 0.1) is 11.3 Å². The van der Waals surface area contributed by atoms with E-state index in [9.17, 15) is 14.9 Å². The summed E-state index contributed by atoms with van der Waals surface area (Å²) in [6.07, 6.45) is 4.30. The van der Waals surface area contributed by atoms with Gasteiger partial charge in [-0.25, -0.2) is 14.8 Å². The first-order valence-corrected chi connectivity index (χ1v) is 12.0. The molecule has 11 heteroatoms. The van der Waals surface area contributed by atoms with Crippen LogP contribution >= 0.6 is 0 Å². The zero-order chi connectivity index (χ0) is 26.9. The Morgan fingerprint density at radius 1 is 1.16 bits per heavy atom. The SMILES string of the molecule is CN(CCn1c(=O)n(-c2ccc(Oc3ccccc3)cc2)c2c(N)ncnc21)C(=O)C(C#N)=CC1(N)CC1. The van der Waals surface area contributed by atoms with Gasteiger partial charge in [0, 0.05) is 25.7 Å². The normalized spacial score (nSPS) is 14.2. The Kier molecular flexibility index (Phi) is 6.40. The van der Waals surface area contributed by atoms with Gasteiger partial charge in [0.1, 0.15) is 35.0 Å². The fraction of sp³-hybridized carbons (Fsp3) is 0.222. The highest BCUT2D eigenvalue weighted by Crippen LogP contribution is 2.34. The number of aromatic nitrogens is 4. The summed E-state index contributed by atoms with van der Waals surface area (Å²) in [5, 5.41) is 9.45. The Labute approximate surface area is 218 Å². The molecule has 4 N–H and O–H groups in total. The molecule has 0 saturated heterocycles. The van der Waals surface area contributed by atoms with Crippen molar-refractivity contribution in [3.63, 3.8) is 0 Å². The van der Waals surface area contributed by atoms with E-state index in [0.717, 1.165) is 12.8 Å². The van der Waals surface area contributed by atoms with E-state index < -0.39 is 11.4 Å². The number of rotatable bonds is 8. The number of hydrogen-bond donors (Lipinski definition) is 2. The van der Waals surface area contributed by atoms with Gasteiger partial charge in [-0.05, 0) is 55.3 Å². The number of benzene rings is 2. The summed E-state index contributed by atoms with van der Waals surface area (Å²) in [5.41, 5.74) is 12.5. The highest BCUT2D eigenvalue weighted by Gasteiger charge is 2.37. The highest BCUT2D eigenvalue weighted by atomic mass is 16.5. The summed E-state index contributed by atoms with van der Waals surface area (Å²) in [6.45, 7) is 0.283. The molecule has 1 aliphatic carbocycles. The van der Waals surface area contributed by atoms with Crippen LogP contribution in [-0.2, 0) is 11.3 Å². The number of carbonyl (C=O) groups excluding carboxylic acids is 1. The number of hydrogen-bond acceptors (Lipinski definition) is 8. The van der Waals surface area contributed by atoms with Gasteiger partial charge in [-0.1, -0.05) is 18.2 Å². The molecule has 1 fully saturated rings. The molecule has 0 atom stereocenters. The molecule has 192 valence electrons. The van der Waals surface area contributed by atoms with E-state index in [2.05, 4.69) is 9.97 Å². The van der Waals surface area contributed by atoms with E-state index in [1.165, 1.54) is 26.4 Å². The second-order valence-electron chi connectivity index (χ2n) is 9.24. The Bertz CT molecular complexity index is 1630. The van der Waals surface area contributed by atoms with Crippen LogP contribution in [0.25, 0.3) is 16.9 Å². The summed E-state index contributed by atoms with van der Waals surface area (Å²) >= 11 is 0. The van der Waals surface area contributed by atoms with Crippen molar-refractivity contribution in [2.24, 2.45) is 5.73 Å². The average molecular weight is 511 g/mol. The van der Waals surface area contributed by atoms with Crippen molar-refractivity contribution in [2.45, 2.75) is 24.9 Å². The largest absolute Gasteiger partial charge is 0.457 e. The van der Waals surface area contributed by atoms with Gasteiger partial charge in [0.05, 0.1) is 5.69 Å². The number of nitriles is 1. The molecule has 0 unspecified atom stereocenters. The van der Waals surface area contributed by atoms with Gasteiger partial charge in [0.25, 0.3) is 5.91 Å². The number of nitrogens with zero attached hydrogens (tertiary/aromatic N) is 6. The molecule has 2 aromatic heterocycles. The molecule has 2 aromatic carbocycles. The van der Waals surface area contributed by atoms with E-state index in [4.69, 9.17) is 16.2 Å². The standard InChI is InChI=1S/C27H26N8O3/c1-33(25(36)18(16-28)15-27(30)11-12-27)13-14-34-24-22(23(29)31-17-32-24)35(26(34)37)19-7-9-21(10-8-19)38-20-5-3-2-4-6-20/h2-10,15,17H,11-14,30H2,1H3,(H2,29,31,32). The third-order valence-electron chi connectivity index (χ3n) is 6.42. The van der Waals surface area contributed by atoms with Crippen LogP contribution in [0.4, 0.5) is 5.82 Å². The zero-order valence-electron chi connectivity index (χ0n) is 20.7. The van der Waals surface area contributed by atoms with Crippen LogP contribution in [0.5, 0.6) is 11.5 Å². The maximum atomic E-state index is 13.6. The molecule has 1 aliphatic rings. The zero-order valence-corrected chi connectivity index (χ0v) is 20.7. The fourth-order valence-corrected chi connectivity index (χ4v) is 4.11. The molecular weight excluding hydrogens is 484 g/mol. The Morgan fingerprint density at radius 3 is 2.50 bits per heavy atom. The van der Waals surface area contributed by atoms with Gasteiger partial charge >= 0.3 is 5.69 Å². The summed E-state index contributed by atoms with van der Waals surface area (Å²) in [7, 11) is 1.57. The minimum absolute atomic E-state index is 0.00773. The first-order valence-electron chi connectivity index (χ1n) is 12.0. The van der Waals surface area contributed by atoms with E-state index >= 15 is 0 Å². The lowest BCUT2D eigenvalue weighted by Gasteiger charge is -2.17. The second-order valence-corrected chi connectivity index (χ2v) is 9.24. The molecule has 0 aliphatic heterocycles. The number of imidazole rings is 1. The maximum Gasteiger partial charge on any atom is 0.335 e. The molecule has 0 radical (unpaired) electrons. The monoisotopic (exact) mass is 510 g/mol. The van der Waals surface area contributed by atoms with Crippen LogP contribution in [0.15, 0.2) is 77.4 Å². The maximum absolute atomic E-state index is 13.6. The van der Waals surface area contributed by atoms with E-state index in [-0.39, 0.29) is 30.2 Å². The van der Waals surface area contributed by atoms with Crippen molar-refractivity contribution < 1.29 is 9.53 Å². The van der Waals surface area contributed by atoms with Crippen LogP contribution in [0.3, 0.4) is 0 Å². The minimum Gasteiger partial charge on any atom is -0.457 e. The first-order chi connectivity index (χ1) is 18.3. The van der Waals surface area contributed by atoms with Gasteiger partial charge in [-0.2, -0.15) is 5.26 Å². The molecule has 2 heterocycles. The first kappa shape index (κ1) is 24.7. The summed E-state index contributed by atoms with van der Waals surface area (Å²) in [5.74, 6) is 0.989. The average Bonchev–Trinajstić information content (AvgIpc) is 3.58. The Morgan fingerprint density at radius 2 is 1.84 bits per heavy atom. The number of para-hydroxylation sites is 1. The second kappa shape index (κ2) is 9.84. The number of anilines is 1. The predicted octanol–water partition coefficient (Wildman–Crippen LogP) is 2.36. The van der Waals surface area contributed by atoms with Crippen molar-refractivity contribution in [3.8, 4) is 23.3 Å². The quantitative estimate of drug-likeness (QED) is 0.270. The topological polar surface area (TPSA) is 158 Å². The van der Waals surface area contributed by atoms with Gasteiger partial charge in [0.2, 0.25) is 0 Å². The number of nitrogens with two attached hydrogens (primary N) is 2. The molecule has 1 amide bonds. The number of amides is 1. The van der Waals surface area contributed by atoms with Crippen molar-refractivity contribution in [1.29, 1.82) is 5.26 Å². The van der Waals surface area contributed by atoms with E-state index in [1.807, 2.05) is 36.4 Å². The number of ether oxygens (including phenoxy) is 1. The lowest BCUT2D eigenvalue weighted by Crippen LogP contribution is -2.34. The number of likely N-dealkylation sites (N-methyl/N-ethyl adjacent to an activating group) is 1. The van der Waals surface area contributed by atoms with Crippen LogP contribution < -0.4 is 21.9 Å². The Hall–Kier alpha value is -4.95. The summed E-state index contributed by atoms with van der Waals surface area (Å²) in [4.78, 5) is 36.1. The van der Waals surface area contributed by atoms with Gasteiger partial charge in [0.15, 0.2) is 11.5 Å². The molecule has 5 rings (SSSR count). The van der Waals surface area contributed by atoms with Gasteiger partial charge in [-0.3, -0.25) is 13.9 Å². The van der Waals surface area contributed by atoms with Crippen molar-refractivity contribution >= 4 is 22.9 Å². The van der Waals surface area contributed by atoms with Gasteiger partial charge in [-0.15, -0.1) is 0 Å². The van der Waals surface area contributed by atoms with Crippen LogP contribution in [0.1, 0.15) is 12.8 Å². The molecule has 4 aromatic rings. The molecule has 11 nitrogen and oxygen atoms in total. The lowest BCUT2D eigenvalue weighted by atomic mass is 10.1. The lowest BCUT2D eigenvalue weighted by molar-refractivity contribution is -0.125. The number of fused-ring (bicyclic) bond motifs is 1. The van der Waals surface area contributed by atoms with Crippen LogP contribution in [-0.4, -0.2) is 49.0 Å². The van der Waals surface area contributed by atoms with Crippen molar-refractivity contribution in [1.82, 2.24) is 24.0 Å². The smallest absolute Gasteiger partial charge is 0.335 e. The molecule has 0 bridgehead atoms. The molecule has 38 heavy (non-hydrogen) atoms. The molecule has 0 spiro atoms. The molecular formula is C27H26N8O3. The highest BCUT2D eigenvalue weighted by molar-refractivity contribution is 5.97. The van der Waals surface area contributed by atoms with Crippen molar-refractivity contribution in [3.05, 3.63) is 83.1 Å². The summed E-state index contributed by atoms with van der Waals surface area (Å²) in [6, 6.07) is 18.3. The van der Waals surface area contributed by atoms with Gasteiger partial charge < -0.3 is 21.1 Å². The third kappa shape index (κ3) is 4.85. The summed E-state index contributed by atoms with van der Waals surface area (Å²) < 4.78 is 8.72. The van der Waals surface area contributed by atoms with Crippen LogP contribution in [0.2, 0.25) is 0 Å². The van der Waals surface area contributed by atoms with E-state index in [1.54, 1.807) is 31.3 Å². The predicted molar refractivity (Wildman–Crippen MR) is 142 cm³/mol. The molecule has 1 saturated carbocycles. The van der Waals surface area contributed by atoms with E-state index in [0.29, 0.717) is 28.4 Å². The minimum atomic E-state index is -0.581. The fourth-order valence-electron chi connectivity index (χ4n) is 4.11. The Balaban J connectivity index is 1.42. The van der Waals surface area contributed by atoms with Crippen molar-refractivity contribution in [2.75, 3.05) is 19.3 Å². The number of carbonyl (C=O) groups is 1.